The summed E-state index contributed by atoms with van der Waals surface area (Å²) in [7, 11) is -3.85. The number of hydrogen-bond donors (Lipinski definition) is 1. The minimum atomic E-state index is -3.85. The van der Waals surface area contributed by atoms with Crippen LogP contribution in [0.2, 0.25) is 0 Å². The summed E-state index contributed by atoms with van der Waals surface area (Å²) < 4.78 is 31.4. The molecule has 25 heavy (non-hydrogen) atoms. The largest absolute Gasteiger partial charge is 0.454 e. The van der Waals surface area contributed by atoms with Crippen molar-refractivity contribution in [1.29, 1.82) is 0 Å². The third-order valence-electron chi connectivity index (χ3n) is 3.13. The van der Waals surface area contributed by atoms with Crippen molar-refractivity contribution >= 4 is 21.9 Å². The van der Waals surface area contributed by atoms with Gasteiger partial charge in [-0.3, -0.25) is 9.59 Å². The molecule has 0 fully saturated rings. The first-order valence-corrected chi connectivity index (χ1v) is 9.03. The Hall–Kier alpha value is -2.45. The SMILES string of the molecule is C=CCN(CC=C)C(=O)COC(=O)C(C)NS(=O)(=O)c1ccccc1. The Labute approximate surface area is 148 Å². The molecule has 0 heterocycles. The number of benzene rings is 1. The molecule has 1 N–H and O–H groups in total. The average molecular weight is 366 g/mol. The zero-order valence-corrected chi connectivity index (χ0v) is 14.9. The number of carbonyl (C=O) groups excluding carboxylic acids is 2. The molecule has 0 aromatic heterocycles. The van der Waals surface area contributed by atoms with E-state index in [-0.39, 0.29) is 4.90 Å². The van der Waals surface area contributed by atoms with Gasteiger partial charge in [-0.25, -0.2) is 8.42 Å². The summed E-state index contributed by atoms with van der Waals surface area (Å²) in [6.07, 6.45) is 3.08. The number of sulfonamides is 1. The Bertz CT molecular complexity index is 706. The van der Waals surface area contributed by atoms with Crippen molar-refractivity contribution in [2.45, 2.75) is 17.9 Å². The second-order valence-electron chi connectivity index (χ2n) is 5.14. The number of esters is 1. The first-order chi connectivity index (χ1) is 11.8. The third-order valence-corrected chi connectivity index (χ3v) is 4.69. The second-order valence-corrected chi connectivity index (χ2v) is 6.85. The van der Waals surface area contributed by atoms with Gasteiger partial charge in [0.1, 0.15) is 6.04 Å². The van der Waals surface area contributed by atoms with Crippen molar-refractivity contribution in [3.8, 4) is 0 Å². The summed E-state index contributed by atoms with van der Waals surface area (Å²) in [5, 5.41) is 0. The first-order valence-electron chi connectivity index (χ1n) is 7.55. The molecular formula is C17H22N2O5S. The molecule has 1 rings (SSSR count). The van der Waals surface area contributed by atoms with Crippen LogP contribution in [-0.4, -0.2) is 50.9 Å². The van der Waals surface area contributed by atoms with E-state index in [1.54, 1.807) is 30.4 Å². The van der Waals surface area contributed by atoms with E-state index in [0.717, 1.165) is 0 Å². The number of carbonyl (C=O) groups is 2. The van der Waals surface area contributed by atoms with Crippen LogP contribution in [0, 0.1) is 0 Å². The van der Waals surface area contributed by atoms with Crippen LogP contribution in [0.25, 0.3) is 0 Å². The van der Waals surface area contributed by atoms with Gasteiger partial charge in [0.15, 0.2) is 6.61 Å². The average Bonchev–Trinajstić information content (AvgIpc) is 2.59. The van der Waals surface area contributed by atoms with Crippen LogP contribution < -0.4 is 4.72 Å². The number of rotatable bonds is 10. The summed E-state index contributed by atoms with van der Waals surface area (Å²) >= 11 is 0. The molecule has 1 atom stereocenters. The van der Waals surface area contributed by atoms with E-state index >= 15 is 0 Å². The highest BCUT2D eigenvalue weighted by Crippen LogP contribution is 2.08. The molecule has 8 heteroatoms. The lowest BCUT2D eigenvalue weighted by atomic mass is 10.4. The molecule has 7 nitrogen and oxygen atoms in total. The summed E-state index contributed by atoms with van der Waals surface area (Å²) in [6.45, 7) is 8.53. The van der Waals surface area contributed by atoms with Gasteiger partial charge in [0, 0.05) is 13.1 Å². The number of hydrogen-bond acceptors (Lipinski definition) is 5. The van der Waals surface area contributed by atoms with Gasteiger partial charge in [-0.1, -0.05) is 30.4 Å². The minimum Gasteiger partial charge on any atom is -0.454 e. The van der Waals surface area contributed by atoms with Gasteiger partial charge in [0.05, 0.1) is 4.90 Å². The topological polar surface area (TPSA) is 92.8 Å². The zero-order valence-electron chi connectivity index (χ0n) is 14.1. The van der Waals surface area contributed by atoms with Gasteiger partial charge in [0.25, 0.3) is 5.91 Å². The highest BCUT2D eigenvalue weighted by Gasteiger charge is 2.24. The highest BCUT2D eigenvalue weighted by molar-refractivity contribution is 7.89. The highest BCUT2D eigenvalue weighted by atomic mass is 32.2. The normalized spacial score (nSPS) is 12.0. The molecule has 1 unspecified atom stereocenters. The monoisotopic (exact) mass is 366 g/mol. The van der Waals surface area contributed by atoms with E-state index in [2.05, 4.69) is 17.9 Å². The van der Waals surface area contributed by atoms with E-state index in [4.69, 9.17) is 4.74 Å². The molecule has 0 saturated carbocycles. The maximum absolute atomic E-state index is 12.1. The molecule has 1 aromatic carbocycles. The molecule has 0 saturated heterocycles. The standard InChI is InChI=1S/C17H22N2O5S/c1-4-11-19(12-5-2)16(20)13-24-17(21)14(3)18-25(22,23)15-9-7-6-8-10-15/h4-10,14,18H,1-2,11-13H2,3H3. The second kappa shape index (κ2) is 9.75. The molecule has 0 bridgehead atoms. The van der Waals surface area contributed by atoms with Crippen LogP contribution in [-0.2, 0) is 24.3 Å². The van der Waals surface area contributed by atoms with Crippen LogP contribution in [0.15, 0.2) is 60.5 Å². The van der Waals surface area contributed by atoms with Crippen molar-refractivity contribution in [3.63, 3.8) is 0 Å². The van der Waals surface area contributed by atoms with Crippen LogP contribution >= 0.6 is 0 Å². The predicted octanol–water partition coefficient (Wildman–Crippen LogP) is 1.10. The number of nitrogens with zero attached hydrogens (tertiary/aromatic N) is 1. The van der Waals surface area contributed by atoms with Gasteiger partial charge in [-0.2, -0.15) is 4.72 Å². The Balaban J connectivity index is 2.61. The molecule has 0 aliphatic heterocycles. The Morgan fingerprint density at radius 2 is 1.76 bits per heavy atom. The van der Waals surface area contributed by atoms with Crippen molar-refractivity contribution < 1.29 is 22.7 Å². The van der Waals surface area contributed by atoms with E-state index in [1.807, 2.05) is 0 Å². The molecule has 1 amide bonds. The number of ether oxygens (including phenoxy) is 1. The van der Waals surface area contributed by atoms with Crippen LogP contribution in [0.4, 0.5) is 0 Å². The summed E-state index contributed by atoms with van der Waals surface area (Å²) in [6, 6.07) is 6.51. The predicted molar refractivity (Wildman–Crippen MR) is 94.2 cm³/mol. The van der Waals surface area contributed by atoms with Crippen LogP contribution in [0.5, 0.6) is 0 Å². The quantitative estimate of drug-likeness (QED) is 0.494. The molecule has 0 aliphatic rings. The van der Waals surface area contributed by atoms with E-state index in [1.165, 1.54) is 24.0 Å². The smallest absolute Gasteiger partial charge is 0.324 e. The number of amides is 1. The van der Waals surface area contributed by atoms with Crippen molar-refractivity contribution in [2.24, 2.45) is 0 Å². The van der Waals surface area contributed by atoms with Gasteiger partial charge in [-0.05, 0) is 19.1 Å². The Kier molecular flexibility index (Phi) is 8.03. The van der Waals surface area contributed by atoms with Crippen molar-refractivity contribution in [3.05, 3.63) is 55.6 Å². The van der Waals surface area contributed by atoms with Crippen molar-refractivity contribution in [1.82, 2.24) is 9.62 Å². The van der Waals surface area contributed by atoms with E-state index in [0.29, 0.717) is 13.1 Å². The first kappa shape index (κ1) is 20.6. The van der Waals surface area contributed by atoms with E-state index < -0.39 is 34.5 Å². The third kappa shape index (κ3) is 6.52. The summed E-state index contributed by atoms with van der Waals surface area (Å²) in [4.78, 5) is 25.3. The maximum atomic E-state index is 12.1. The fraction of sp³-hybridized carbons (Fsp3) is 0.294. The van der Waals surface area contributed by atoms with Crippen LogP contribution in [0.1, 0.15) is 6.92 Å². The van der Waals surface area contributed by atoms with E-state index in [9.17, 15) is 18.0 Å². The van der Waals surface area contributed by atoms with Crippen molar-refractivity contribution in [2.75, 3.05) is 19.7 Å². The lowest BCUT2D eigenvalue weighted by molar-refractivity contribution is -0.152. The molecule has 0 radical (unpaired) electrons. The maximum Gasteiger partial charge on any atom is 0.324 e. The molecular weight excluding hydrogens is 344 g/mol. The lowest BCUT2D eigenvalue weighted by Crippen LogP contribution is -2.41. The summed E-state index contributed by atoms with van der Waals surface area (Å²) in [5.74, 6) is -1.27. The Morgan fingerprint density at radius 3 is 2.28 bits per heavy atom. The summed E-state index contributed by atoms with van der Waals surface area (Å²) in [5.41, 5.74) is 0. The number of nitrogens with one attached hydrogen (secondary N) is 1. The molecule has 0 spiro atoms. The molecule has 136 valence electrons. The molecule has 0 aliphatic carbocycles. The minimum absolute atomic E-state index is 0.0360. The fourth-order valence-corrected chi connectivity index (χ4v) is 3.10. The van der Waals surface area contributed by atoms with Gasteiger partial charge >= 0.3 is 5.97 Å². The lowest BCUT2D eigenvalue weighted by Gasteiger charge is -2.20. The van der Waals surface area contributed by atoms with Gasteiger partial charge < -0.3 is 9.64 Å². The Morgan fingerprint density at radius 1 is 1.20 bits per heavy atom. The zero-order chi connectivity index (χ0) is 18.9. The molecule has 1 aromatic rings. The van der Waals surface area contributed by atoms with Crippen LogP contribution in [0.3, 0.4) is 0 Å². The van der Waals surface area contributed by atoms with Gasteiger partial charge in [-0.15, -0.1) is 13.2 Å². The fourth-order valence-electron chi connectivity index (χ4n) is 1.89. The van der Waals surface area contributed by atoms with Gasteiger partial charge in [0.2, 0.25) is 10.0 Å².